The van der Waals surface area contributed by atoms with E-state index in [2.05, 4.69) is 34.0 Å². The van der Waals surface area contributed by atoms with Crippen molar-refractivity contribution in [3.05, 3.63) is 29.8 Å². The van der Waals surface area contributed by atoms with Crippen LogP contribution >= 0.6 is 11.6 Å². The summed E-state index contributed by atoms with van der Waals surface area (Å²) in [5.74, 6) is 0.719. The zero-order valence-corrected chi connectivity index (χ0v) is 15.8. The van der Waals surface area contributed by atoms with Gasteiger partial charge in [-0.25, -0.2) is 9.67 Å². The zero-order valence-electron chi connectivity index (χ0n) is 15.1. The maximum atomic E-state index is 12.8. The average molecular weight is 384 g/mol. The van der Waals surface area contributed by atoms with Crippen LogP contribution in [0.4, 0.5) is 14.5 Å². The summed E-state index contributed by atoms with van der Waals surface area (Å²) in [6.07, 6.45) is 7.87. The van der Waals surface area contributed by atoms with Gasteiger partial charge in [0.15, 0.2) is 0 Å². The van der Waals surface area contributed by atoms with Gasteiger partial charge in [-0.2, -0.15) is 13.9 Å². The summed E-state index contributed by atoms with van der Waals surface area (Å²) in [4.78, 5) is 8.63. The first-order valence-electron chi connectivity index (χ1n) is 8.82. The Bertz CT molecular complexity index is 726. The van der Waals surface area contributed by atoms with Gasteiger partial charge in [-0.1, -0.05) is 11.6 Å². The smallest absolute Gasteiger partial charge is 0.333 e. The van der Waals surface area contributed by atoms with E-state index in [1.807, 2.05) is 6.07 Å². The fourth-order valence-electron chi connectivity index (χ4n) is 3.39. The van der Waals surface area contributed by atoms with E-state index in [1.165, 1.54) is 18.8 Å². The highest BCUT2D eigenvalue weighted by atomic mass is 35.5. The van der Waals surface area contributed by atoms with Crippen LogP contribution in [-0.2, 0) is 0 Å². The van der Waals surface area contributed by atoms with Crippen molar-refractivity contribution in [3.8, 4) is 11.1 Å². The molecule has 3 heterocycles. The molecule has 142 valence electrons. The van der Waals surface area contributed by atoms with Crippen molar-refractivity contribution in [1.82, 2.24) is 19.7 Å². The zero-order chi connectivity index (χ0) is 18.7. The van der Waals surface area contributed by atoms with Crippen molar-refractivity contribution < 1.29 is 8.78 Å². The molecule has 0 saturated carbocycles. The molecule has 2 aromatic rings. The molecule has 1 saturated heterocycles. The molecule has 2 aromatic heterocycles. The summed E-state index contributed by atoms with van der Waals surface area (Å²) in [7, 11) is 4.19. The molecule has 8 heteroatoms. The summed E-state index contributed by atoms with van der Waals surface area (Å²) in [6.45, 7) is 0.298. The van der Waals surface area contributed by atoms with Crippen LogP contribution in [0.25, 0.3) is 11.1 Å². The van der Waals surface area contributed by atoms with E-state index in [4.69, 9.17) is 11.6 Å². The Balaban J connectivity index is 1.76. The van der Waals surface area contributed by atoms with Gasteiger partial charge in [0.05, 0.1) is 6.20 Å². The molecule has 0 unspecified atom stereocenters. The number of alkyl halides is 2. The molecular formula is C18H24ClF2N5. The number of hydrogen-bond donors (Lipinski definition) is 0. The van der Waals surface area contributed by atoms with Crippen LogP contribution in [0.15, 0.2) is 24.7 Å². The van der Waals surface area contributed by atoms with Crippen molar-refractivity contribution in [1.29, 1.82) is 0 Å². The molecule has 26 heavy (non-hydrogen) atoms. The SMILES string of the molecule is CN(C)CCC1CCN(c2cc(Cl)ncc2-c2cnn(C(F)F)c2)CC1. The molecule has 0 N–H and O–H groups in total. The third kappa shape index (κ3) is 4.51. The number of nitrogens with zero attached hydrogens (tertiary/aromatic N) is 5. The van der Waals surface area contributed by atoms with Gasteiger partial charge in [-0.05, 0) is 51.9 Å². The summed E-state index contributed by atoms with van der Waals surface area (Å²) >= 11 is 6.11. The number of hydrogen-bond acceptors (Lipinski definition) is 4. The first-order chi connectivity index (χ1) is 12.4. The maximum Gasteiger partial charge on any atom is 0.333 e. The predicted molar refractivity (Wildman–Crippen MR) is 99.8 cm³/mol. The Morgan fingerprint density at radius 2 is 2.00 bits per heavy atom. The van der Waals surface area contributed by atoms with Gasteiger partial charge >= 0.3 is 6.55 Å². The first-order valence-corrected chi connectivity index (χ1v) is 9.19. The fraction of sp³-hybridized carbons (Fsp3) is 0.556. The van der Waals surface area contributed by atoms with Crippen molar-refractivity contribution in [2.75, 3.05) is 38.6 Å². The molecule has 1 fully saturated rings. The fourth-order valence-corrected chi connectivity index (χ4v) is 3.54. The third-order valence-electron chi connectivity index (χ3n) is 4.90. The van der Waals surface area contributed by atoms with Crippen LogP contribution in [0.2, 0.25) is 5.15 Å². The molecule has 0 aliphatic carbocycles. The quantitative estimate of drug-likeness (QED) is 0.702. The van der Waals surface area contributed by atoms with Gasteiger partial charge in [-0.3, -0.25) is 0 Å². The predicted octanol–water partition coefficient (Wildman–Crippen LogP) is 4.16. The highest BCUT2D eigenvalue weighted by Crippen LogP contribution is 2.35. The number of rotatable bonds is 6. The lowest BCUT2D eigenvalue weighted by Crippen LogP contribution is -2.35. The first kappa shape index (κ1) is 19.0. The monoisotopic (exact) mass is 383 g/mol. The van der Waals surface area contributed by atoms with Crippen LogP contribution in [-0.4, -0.2) is 53.4 Å². The highest BCUT2D eigenvalue weighted by Gasteiger charge is 2.23. The van der Waals surface area contributed by atoms with Crippen LogP contribution in [0, 0.1) is 5.92 Å². The van der Waals surface area contributed by atoms with E-state index in [-0.39, 0.29) is 0 Å². The lowest BCUT2D eigenvalue weighted by molar-refractivity contribution is 0.0566. The highest BCUT2D eigenvalue weighted by molar-refractivity contribution is 6.29. The second-order valence-corrected chi connectivity index (χ2v) is 7.42. The number of pyridine rings is 1. The lowest BCUT2D eigenvalue weighted by atomic mass is 9.92. The Labute approximate surface area is 157 Å². The summed E-state index contributed by atoms with van der Waals surface area (Å²) in [6, 6.07) is 1.82. The van der Waals surface area contributed by atoms with E-state index in [1.54, 1.807) is 6.20 Å². The van der Waals surface area contributed by atoms with Gasteiger partial charge in [-0.15, -0.1) is 0 Å². The van der Waals surface area contributed by atoms with Crippen molar-refractivity contribution >= 4 is 17.3 Å². The van der Waals surface area contributed by atoms with Crippen LogP contribution in [0.3, 0.4) is 0 Å². The number of anilines is 1. The van der Waals surface area contributed by atoms with Crippen LogP contribution in [0.5, 0.6) is 0 Å². The Hall–Kier alpha value is -1.73. The van der Waals surface area contributed by atoms with E-state index in [0.717, 1.165) is 49.6 Å². The second kappa shape index (κ2) is 8.31. The molecule has 5 nitrogen and oxygen atoms in total. The summed E-state index contributed by atoms with van der Waals surface area (Å²) in [5.41, 5.74) is 2.34. The van der Waals surface area contributed by atoms with E-state index < -0.39 is 6.55 Å². The van der Waals surface area contributed by atoms with Gasteiger partial charge in [0.25, 0.3) is 0 Å². The van der Waals surface area contributed by atoms with Crippen LogP contribution < -0.4 is 4.90 Å². The molecule has 1 aliphatic heterocycles. The van der Waals surface area contributed by atoms with Crippen LogP contribution in [0.1, 0.15) is 25.8 Å². The molecule has 0 aromatic carbocycles. The largest absolute Gasteiger partial charge is 0.371 e. The molecule has 0 spiro atoms. The second-order valence-electron chi connectivity index (χ2n) is 7.03. The Kier molecular flexibility index (Phi) is 6.09. The molecule has 0 radical (unpaired) electrons. The van der Waals surface area contributed by atoms with Gasteiger partial charge in [0.1, 0.15) is 5.15 Å². The summed E-state index contributed by atoms with van der Waals surface area (Å²) < 4.78 is 26.3. The Morgan fingerprint density at radius 3 is 2.62 bits per heavy atom. The minimum atomic E-state index is -2.65. The molecule has 0 atom stereocenters. The molecular weight excluding hydrogens is 360 g/mol. The third-order valence-corrected chi connectivity index (χ3v) is 5.11. The van der Waals surface area contributed by atoms with Crippen molar-refractivity contribution in [2.24, 2.45) is 5.92 Å². The van der Waals surface area contributed by atoms with E-state index >= 15 is 0 Å². The molecule has 1 aliphatic rings. The number of aromatic nitrogens is 3. The minimum Gasteiger partial charge on any atom is -0.371 e. The number of halogens is 3. The number of piperidine rings is 1. The molecule has 3 rings (SSSR count). The Morgan fingerprint density at radius 1 is 1.27 bits per heavy atom. The van der Waals surface area contributed by atoms with Gasteiger partial charge in [0.2, 0.25) is 0 Å². The summed E-state index contributed by atoms with van der Waals surface area (Å²) in [5, 5.41) is 4.14. The maximum absolute atomic E-state index is 12.8. The minimum absolute atomic E-state index is 0.403. The van der Waals surface area contributed by atoms with E-state index in [0.29, 0.717) is 15.4 Å². The lowest BCUT2D eigenvalue weighted by Gasteiger charge is -2.35. The van der Waals surface area contributed by atoms with Gasteiger partial charge in [0, 0.05) is 42.3 Å². The standard InChI is InChI=1S/C18H24ClF2N5/c1-24(2)6-3-13-4-7-25(8-5-13)16-9-17(19)22-11-15(16)14-10-23-26(12-14)18(20)21/h9-13,18H,3-8H2,1-2H3. The van der Waals surface area contributed by atoms with Crippen molar-refractivity contribution in [2.45, 2.75) is 25.8 Å². The molecule has 0 amide bonds. The van der Waals surface area contributed by atoms with Crippen molar-refractivity contribution in [3.63, 3.8) is 0 Å². The van der Waals surface area contributed by atoms with E-state index in [9.17, 15) is 8.78 Å². The normalized spacial score (nSPS) is 16.0. The molecule has 0 bridgehead atoms. The average Bonchev–Trinajstić information content (AvgIpc) is 3.10. The van der Waals surface area contributed by atoms with Gasteiger partial charge < -0.3 is 9.80 Å². The topological polar surface area (TPSA) is 37.2 Å².